The fourth-order valence-corrected chi connectivity index (χ4v) is 3.49. The Kier molecular flexibility index (Phi) is 4.96. The monoisotopic (exact) mass is 361 g/mol. The van der Waals surface area contributed by atoms with E-state index in [9.17, 15) is 4.79 Å². The molecule has 4 rings (SSSR count). The second kappa shape index (κ2) is 7.70. The molecule has 2 aromatic heterocycles. The van der Waals surface area contributed by atoms with Crippen LogP contribution in [-0.4, -0.2) is 43.6 Å². The van der Waals surface area contributed by atoms with Crippen molar-refractivity contribution in [1.29, 1.82) is 0 Å². The molecule has 0 unspecified atom stereocenters. The molecule has 0 aliphatic carbocycles. The third kappa shape index (κ3) is 3.74. The number of amides is 1. The van der Waals surface area contributed by atoms with Crippen molar-refractivity contribution in [2.24, 2.45) is 7.05 Å². The smallest absolute Gasteiger partial charge is 0.253 e. The summed E-state index contributed by atoms with van der Waals surface area (Å²) in [5.74, 6) is 0.885. The number of likely N-dealkylation sites (tertiary alicyclic amines) is 1. The lowest BCUT2D eigenvalue weighted by atomic mass is 10.1. The highest BCUT2D eigenvalue weighted by Gasteiger charge is 2.18. The first kappa shape index (κ1) is 17.4. The second-order valence-electron chi connectivity index (χ2n) is 6.95. The highest BCUT2D eigenvalue weighted by Crippen LogP contribution is 2.22. The van der Waals surface area contributed by atoms with Crippen molar-refractivity contribution >= 4 is 5.91 Å². The molecule has 0 N–H and O–H groups in total. The van der Waals surface area contributed by atoms with Crippen LogP contribution in [0.15, 0.2) is 48.8 Å². The maximum atomic E-state index is 12.9. The van der Waals surface area contributed by atoms with Gasteiger partial charge in [-0.2, -0.15) is 0 Å². The van der Waals surface area contributed by atoms with Crippen LogP contribution in [0.25, 0.3) is 22.8 Å². The van der Waals surface area contributed by atoms with E-state index in [0.717, 1.165) is 48.7 Å². The molecule has 6 heteroatoms. The van der Waals surface area contributed by atoms with Gasteiger partial charge in [-0.1, -0.05) is 25.0 Å². The van der Waals surface area contributed by atoms with Gasteiger partial charge >= 0.3 is 0 Å². The number of benzene rings is 1. The highest BCUT2D eigenvalue weighted by atomic mass is 16.2. The zero-order valence-electron chi connectivity index (χ0n) is 15.5. The molecule has 3 heterocycles. The van der Waals surface area contributed by atoms with Crippen LogP contribution in [0.4, 0.5) is 0 Å². The number of carbonyl (C=O) groups is 1. The molecular formula is C21H23N5O. The summed E-state index contributed by atoms with van der Waals surface area (Å²) < 4.78 is 1.91. The van der Waals surface area contributed by atoms with Crippen molar-refractivity contribution in [1.82, 2.24) is 24.6 Å². The second-order valence-corrected chi connectivity index (χ2v) is 6.95. The summed E-state index contributed by atoms with van der Waals surface area (Å²) in [4.78, 5) is 19.1. The lowest BCUT2D eigenvalue weighted by Crippen LogP contribution is -2.31. The molecule has 6 nitrogen and oxygen atoms in total. The van der Waals surface area contributed by atoms with E-state index >= 15 is 0 Å². The lowest BCUT2D eigenvalue weighted by molar-refractivity contribution is 0.0761. The van der Waals surface area contributed by atoms with Gasteiger partial charge in [-0.3, -0.25) is 4.79 Å². The molecule has 1 fully saturated rings. The molecule has 3 aromatic rings. The van der Waals surface area contributed by atoms with Gasteiger partial charge < -0.3 is 9.47 Å². The van der Waals surface area contributed by atoms with Crippen molar-refractivity contribution in [3.05, 3.63) is 54.4 Å². The van der Waals surface area contributed by atoms with Crippen molar-refractivity contribution in [3.63, 3.8) is 0 Å². The van der Waals surface area contributed by atoms with Gasteiger partial charge in [0.05, 0.1) is 5.69 Å². The van der Waals surface area contributed by atoms with Gasteiger partial charge in [0.2, 0.25) is 0 Å². The van der Waals surface area contributed by atoms with Gasteiger partial charge in [-0.25, -0.2) is 4.98 Å². The van der Waals surface area contributed by atoms with E-state index in [1.165, 1.54) is 12.8 Å². The Morgan fingerprint density at radius 3 is 2.37 bits per heavy atom. The maximum absolute atomic E-state index is 12.9. The average molecular weight is 361 g/mol. The molecule has 138 valence electrons. The molecule has 27 heavy (non-hydrogen) atoms. The Labute approximate surface area is 158 Å². The summed E-state index contributed by atoms with van der Waals surface area (Å²) in [7, 11) is 1.93. The number of imidazole rings is 1. The molecule has 1 aliphatic rings. The Hall–Kier alpha value is -3.02. The van der Waals surface area contributed by atoms with E-state index in [-0.39, 0.29) is 5.91 Å². The van der Waals surface area contributed by atoms with Gasteiger partial charge in [0.25, 0.3) is 5.91 Å². The van der Waals surface area contributed by atoms with Gasteiger partial charge in [-0.15, -0.1) is 10.2 Å². The molecule has 0 radical (unpaired) electrons. The van der Waals surface area contributed by atoms with Crippen LogP contribution in [0.1, 0.15) is 36.0 Å². The largest absolute Gasteiger partial charge is 0.339 e. The number of carbonyl (C=O) groups excluding carboxylic acids is 1. The predicted octanol–water partition coefficient (Wildman–Crippen LogP) is 3.56. The van der Waals surface area contributed by atoms with Crippen LogP contribution < -0.4 is 0 Å². The minimum Gasteiger partial charge on any atom is -0.339 e. The summed E-state index contributed by atoms with van der Waals surface area (Å²) in [5, 5.41) is 8.65. The van der Waals surface area contributed by atoms with Crippen LogP contribution in [0.5, 0.6) is 0 Å². The van der Waals surface area contributed by atoms with Crippen molar-refractivity contribution < 1.29 is 4.79 Å². The number of hydrogen-bond acceptors (Lipinski definition) is 4. The first-order valence-corrected chi connectivity index (χ1v) is 9.43. The van der Waals surface area contributed by atoms with Gasteiger partial charge in [0, 0.05) is 43.7 Å². The van der Waals surface area contributed by atoms with Crippen LogP contribution in [0.2, 0.25) is 0 Å². The third-order valence-electron chi connectivity index (χ3n) is 5.01. The molecule has 1 amide bonds. The van der Waals surface area contributed by atoms with Crippen LogP contribution in [-0.2, 0) is 7.05 Å². The standard InChI is InChI=1S/C21H23N5O/c1-25-14-11-22-20(25)19-10-9-18(23-24-19)16-7-6-8-17(15-16)21(27)26-12-4-2-3-5-13-26/h6-11,14-15H,2-5,12-13H2,1H3. The van der Waals surface area contributed by atoms with Crippen LogP contribution >= 0.6 is 0 Å². The van der Waals surface area contributed by atoms with Crippen molar-refractivity contribution in [3.8, 4) is 22.8 Å². The molecule has 1 aromatic carbocycles. The van der Waals surface area contributed by atoms with Crippen molar-refractivity contribution in [2.45, 2.75) is 25.7 Å². The fraction of sp³-hybridized carbons (Fsp3) is 0.333. The van der Waals surface area contributed by atoms with Gasteiger partial charge in [-0.05, 0) is 37.1 Å². The number of nitrogens with zero attached hydrogens (tertiary/aromatic N) is 5. The number of hydrogen-bond donors (Lipinski definition) is 0. The topological polar surface area (TPSA) is 63.9 Å². The summed E-state index contributed by atoms with van der Waals surface area (Å²) in [6, 6.07) is 11.5. The highest BCUT2D eigenvalue weighted by molar-refractivity contribution is 5.95. The molecule has 1 saturated heterocycles. The SMILES string of the molecule is Cn1ccnc1-c1ccc(-c2cccc(C(=O)N3CCCCCC3)c2)nn1. The number of rotatable bonds is 3. The summed E-state index contributed by atoms with van der Waals surface area (Å²) in [6.45, 7) is 1.70. The van der Waals surface area contributed by atoms with Gasteiger partial charge in [0.1, 0.15) is 5.69 Å². The average Bonchev–Trinajstić information content (AvgIpc) is 2.97. The minimum absolute atomic E-state index is 0.108. The van der Waals surface area contributed by atoms with Crippen LogP contribution in [0.3, 0.4) is 0 Å². The Bertz CT molecular complexity index is 924. The summed E-state index contributed by atoms with van der Waals surface area (Å²) in [5.41, 5.74) is 3.08. The van der Waals surface area contributed by atoms with E-state index in [1.807, 2.05) is 59.1 Å². The number of aromatic nitrogens is 4. The van der Waals surface area contributed by atoms with Crippen molar-refractivity contribution in [2.75, 3.05) is 13.1 Å². The molecule has 0 saturated carbocycles. The fourth-order valence-electron chi connectivity index (χ4n) is 3.49. The summed E-state index contributed by atoms with van der Waals surface area (Å²) >= 11 is 0. The maximum Gasteiger partial charge on any atom is 0.253 e. The van der Waals surface area contributed by atoms with E-state index in [0.29, 0.717) is 5.56 Å². The number of aryl methyl sites for hydroxylation is 1. The van der Waals surface area contributed by atoms with E-state index in [1.54, 1.807) is 6.20 Å². The normalized spacial score (nSPS) is 14.8. The van der Waals surface area contributed by atoms with E-state index in [4.69, 9.17) is 0 Å². The molecule has 0 atom stereocenters. The molecule has 0 spiro atoms. The molecule has 1 aliphatic heterocycles. The lowest BCUT2D eigenvalue weighted by Gasteiger charge is -2.20. The predicted molar refractivity (Wildman–Crippen MR) is 104 cm³/mol. The van der Waals surface area contributed by atoms with Crippen LogP contribution in [0, 0.1) is 0 Å². The van der Waals surface area contributed by atoms with E-state index < -0.39 is 0 Å². The molecular weight excluding hydrogens is 338 g/mol. The van der Waals surface area contributed by atoms with E-state index in [2.05, 4.69) is 15.2 Å². The zero-order chi connectivity index (χ0) is 18.6. The Balaban J connectivity index is 1.57. The first-order chi connectivity index (χ1) is 13.2. The Morgan fingerprint density at radius 1 is 0.963 bits per heavy atom. The summed E-state index contributed by atoms with van der Waals surface area (Å²) in [6.07, 6.45) is 8.21. The third-order valence-corrected chi connectivity index (χ3v) is 5.01. The Morgan fingerprint density at radius 2 is 1.70 bits per heavy atom. The molecule has 0 bridgehead atoms. The quantitative estimate of drug-likeness (QED) is 0.715. The van der Waals surface area contributed by atoms with Gasteiger partial charge in [0.15, 0.2) is 5.82 Å². The minimum atomic E-state index is 0.108. The zero-order valence-corrected chi connectivity index (χ0v) is 15.5. The first-order valence-electron chi connectivity index (χ1n) is 9.43.